The van der Waals surface area contributed by atoms with Crippen LogP contribution in [0.1, 0.15) is 21.6 Å². The average molecular weight is 307 g/mol. The van der Waals surface area contributed by atoms with Crippen LogP contribution in [0.5, 0.6) is 0 Å². The molecule has 0 bridgehead atoms. The molecule has 0 saturated heterocycles. The summed E-state index contributed by atoms with van der Waals surface area (Å²) in [6.07, 6.45) is 1.47. The van der Waals surface area contributed by atoms with Crippen molar-refractivity contribution in [2.24, 2.45) is 0 Å². The van der Waals surface area contributed by atoms with Crippen molar-refractivity contribution in [3.05, 3.63) is 58.4 Å². The fraction of sp³-hybridized carbons (Fsp3) is 0.200. The van der Waals surface area contributed by atoms with Crippen molar-refractivity contribution in [3.8, 4) is 0 Å². The first-order valence-corrected chi connectivity index (χ1v) is 6.76. The van der Waals surface area contributed by atoms with Crippen molar-refractivity contribution in [2.45, 2.75) is 13.5 Å². The number of carbonyl (C=O) groups excluding carboxylic acids is 2. The molecule has 1 aromatic carbocycles. The lowest BCUT2D eigenvalue weighted by Crippen LogP contribution is -2.28. The van der Waals surface area contributed by atoms with Gasteiger partial charge >= 0.3 is 5.97 Å². The van der Waals surface area contributed by atoms with E-state index in [1.165, 1.54) is 12.3 Å². The zero-order valence-corrected chi connectivity index (χ0v) is 12.2. The molecule has 110 valence electrons. The maximum absolute atomic E-state index is 11.6. The number of carbonyl (C=O) groups is 2. The zero-order valence-electron chi connectivity index (χ0n) is 11.5. The van der Waals surface area contributed by atoms with Crippen LogP contribution >= 0.6 is 11.6 Å². The molecule has 5 nitrogen and oxygen atoms in total. The molecule has 2 aromatic rings. The van der Waals surface area contributed by atoms with Gasteiger partial charge in [-0.1, -0.05) is 35.9 Å². The number of nitrogens with one attached hydrogen (secondary N) is 2. The fourth-order valence-corrected chi connectivity index (χ4v) is 1.91. The van der Waals surface area contributed by atoms with Crippen LogP contribution in [0.25, 0.3) is 0 Å². The number of H-pyrrole nitrogens is 1. The third-order valence-corrected chi connectivity index (χ3v) is 3.16. The molecule has 0 aliphatic heterocycles. The molecule has 21 heavy (non-hydrogen) atoms. The number of aryl methyl sites for hydroxylation is 1. The normalized spacial score (nSPS) is 10.2. The molecule has 0 fully saturated rings. The zero-order chi connectivity index (χ0) is 15.2. The molecule has 1 aromatic heterocycles. The van der Waals surface area contributed by atoms with Gasteiger partial charge in [-0.2, -0.15) is 0 Å². The van der Waals surface area contributed by atoms with Crippen molar-refractivity contribution >= 4 is 23.5 Å². The summed E-state index contributed by atoms with van der Waals surface area (Å²) in [4.78, 5) is 25.9. The van der Waals surface area contributed by atoms with Gasteiger partial charge in [0, 0.05) is 12.7 Å². The molecule has 0 radical (unpaired) electrons. The molecular formula is C15H15ClN2O3. The van der Waals surface area contributed by atoms with Gasteiger partial charge in [-0.15, -0.1) is 0 Å². The Balaban J connectivity index is 1.78. The van der Waals surface area contributed by atoms with E-state index in [4.69, 9.17) is 16.3 Å². The fourth-order valence-electron chi connectivity index (χ4n) is 1.75. The minimum atomic E-state index is -0.618. The molecular weight excluding hydrogens is 292 g/mol. The molecule has 2 N–H and O–H groups in total. The quantitative estimate of drug-likeness (QED) is 0.834. The Morgan fingerprint density at radius 2 is 2.10 bits per heavy atom. The van der Waals surface area contributed by atoms with Crippen molar-refractivity contribution < 1.29 is 14.3 Å². The Bertz CT molecular complexity index is 652. The van der Waals surface area contributed by atoms with Crippen LogP contribution < -0.4 is 5.32 Å². The number of benzene rings is 1. The number of esters is 1. The lowest BCUT2D eigenvalue weighted by Gasteiger charge is -2.08. The van der Waals surface area contributed by atoms with Crippen molar-refractivity contribution in [3.63, 3.8) is 0 Å². The second-order valence-electron chi connectivity index (χ2n) is 4.51. The third kappa shape index (κ3) is 4.36. The highest BCUT2D eigenvalue weighted by atomic mass is 35.5. The molecule has 0 aliphatic rings. The number of hydrogen-bond donors (Lipinski definition) is 2. The van der Waals surface area contributed by atoms with E-state index in [2.05, 4.69) is 10.3 Å². The molecule has 0 unspecified atom stereocenters. The number of ether oxygens (including phenoxy) is 1. The summed E-state index contributed by atoms with van der Waals surface area (Å²) in [6.45, 7) is 2.04. The number of aromatic nitrogens is 1. The van der Waals surface area contributed by atoms with Gasteiger partial charge in [-0.3, -0.25) is 4.79 Å². The van der Waals surface area contributed by atoms with E-state index in [1.807, 2.05) is 31.2 Å². The highest BCUT2D eigenvalue weighted by molar-refractivity contribution is 6.30. The summed E-state index contributed by atoms with van der Waals surface area (Å²) < 4.78 is 4.88. The molecule has 0 atom stereocenters. The van der Waals surface area contributed by atoms with Gasteiger partial charge in [0.05, 0.1) is 5.02 Å². The summed E-state index contributed by atoms with van der Waals surface area (Å²) in [6, 6.07) is 9.18. The molecule has 0 aliphatic carbocycles. The second-order valence-corrected chi connectivity index (χ2v) is 4.95. The maximum atomic E-state index is 11.6. The van der Waals surface area contributed by atoms with Crippen LogP contribution in [0.3, 0.4) is 0 Å². The minimum Gasteiger partial charge on any atom is -0.451 e. The molecule has 2 rings (SSSR count). The predicted molar refractivity (Wildman–Crippen MR) is 79.1 cm³/mol. The summed E-state index contributed by atoms with van der Waals surface area (Å²) in [5.41, 5.74) is 2.33. The van der Waals surface area contributed by atoms with E-state index in [0.29, 0.717) is 11.6 Å². The number of rotatable bonds is 5. The first-order valence-electron chi connectivity index (χ1n) is 6.38. The van der Waals surface area contributed by atoms with E-state index in [0.717, 1.165) is 11.1 Å². The monoisotopic (exact) mass is 306 g/mol. The minimum absolute atomic E-state index is 0.215. The van der Waals surface area contributed by atoms with Gasteiger partial charge in [0.25, 0.3) is 5.91 Å². The van der Waals surface area contributed by atoms with Crippen LogP contribution in [0, 0.1) is 6.92 Å². The van der Waals surface area contributed by atoms with E-state index in [-0.39, 0.29) is 18.2 Å². The van der Waals surface area contributed by atoms with Crippen molar-refractivity contribution in [1.29, 1.82) is 0 Å². The van der Waals surface area contributed by atoms with E-state index < -0.39 is 5.97 Å². The SMILES string of the molecule is Cc1ccccc1CNC(=O)COC(=O)c1cc(Cl)c[nH]1. The van der Waals surface area contributed by atoms with E-state index >= 15 is 0 Å². The maximum Gasteiger partial charge on any atom is 0.355 e. The highest BCUT2D eigenvalue weighted by Crippen LogP contribution is 2.10. The van der Waals surface area contributed by atoms with E-state index in [9.17, 15) is 9.59 Å². The topological polar surface area (TPSA) is 71.2 Å². The first kappa shape index (κ1) is 15.1. The molecule has 0 spiro atoms. The first-order chi connectivity index (χ1) is 10.1. The number of amides is 1. The predicted octanol–water partition coefficient (Wildman–Crippen LogP) is 2.45. The van der Waals surface area contributed by atoms with Crippen LogP contribution in [0.15, 0.2) is 36.5 Å². The molecule has 6 heteroatoms. The summed E-state index contributed by atoms with van der Waals surface area (Å²) >= 11 is 5.68. The van der Waals surface area contributed by atoms with Crippen LogP contribution in [0.2, 0.25) is 5.02 Å². The molecule has 0 saturated carbocycles. The van der Waals surface area contributed by atoms with Crippen molar-refractivity contribution in [1.82, 2.24) is 10.3 Å². The van der Waals surface area contributed by atoms with Crippen LogP contribution in [0.4, 0.5) is 0 Å². The molecule has 1 amide bonds. The smallest absolute Gasteiger partial charge is 0.355 e. The molecule has 1 heterocycles. The van der Waals surface area contributed by atoms with Gasteiger partial charge in [0.1, 0.15) is 5.69 Å². The Hall–Kier alpha value is -2.27. The van der Waals surface area contributed by atoms with Crippen LogP contribution in [-0.2, 0) is 16.1 Å². The second kappa shape index (κ2) is 6.95. The van der Waals surface area contributed by atoms with E-state index in [1.54, 1.807) is 0 Å². The highest BCUT2D eigenvalue weighted by Gasteiger charge is 2.12. The average Bonchev–Trinajstić information content (AvgIpc) is 2.90. The summed E-state index contributed by atoms with van der Waals surface area (Å²) in [5.74, 6) is -0.975. The number of hydrogen-bond acceptors (Lipinski definition) is 3. The summed E-state index contributed by atoms with van der Waals surface area (Å²) in [7, 11) is 0. The van der Waals surface area contributed by atoms with Crippen molar-refractivity contribution in [2.75, 3.05) is 6.61 Å². The van der Waals surface area contributed by atoms with Gasteiger partial charge in [-0.05, 0) is 24.1 Å². The Morgan fingerprint density at radius 3 is 2.76 bits per heavy atom. The van der Waals surface area contributed by atoms with Gasteiger partial charge < -0.3 is 15.0 Å². The number of aromatic amines is 1. The Labute approximate surface area is 127 Å². The lowest BCUT2D eigenvalue weighted by molar-refractivity contribution is -0.124. The Kier molecular flexibility index (Phi) is 5.00. The number of halogens is 1. The van der Waals surface area contributed by atoms with Crippen LogP contribution in [-0.4, -0.2) is 23.5 Å². The van der Waals surface area contributed by atoms with Gasteiger partial charge in [0.2, 0.25) is 0 Å². The van der Waals surface area contributed by atoms with Gasteiger partial charge in [-0.25, -0.2) is 4.79 Å². The summed E-state index contributed by atoms with van der Waals surface area (Å²) in [5, 5.41) is 3.11. The standard InChI is InChI=1S/C15H15ClN2O3/c1-10-4-2-3-5-11(10)7-18-14(19)9-21-15(20)13-6-12(16)8-17-13/h2-6,8,17H,7,9H2,1H3,(H,18,19). The van der Waals surface area contributed by atoms with Gasteiger partial charge in [0.15, 0.2) is 6.61 Å². The Morgan fingerprint density at radius 1 is 1.33 bits per heavy atom. The largest absolute Gasteiger partial charge is 0.451 e. The third-order valence-electron chi connectivity index (χ3n) is 2.94. The lowest BCUT2D eigenvalue weighted by atomic mass is 10.1.